The first-order chi connectivity index (χ1) is 19.8. The molecule has 10 heteroatoms. The van der Waals surface area contributed by atoms with Crippen LogP contribution in [0, 0.1) is 6.92 Å². The maximum atomic E-state index is 14.2. The number of anilines is 1. The van der Waals surface area contributed by atoms with E-state index in [1.807, 2.05) is 30.4 Å². The molecule has 2 unspecified atom stereocenters. The fraction of sp³-hybridized carbons (Fsp3) is 0.323. The van der Waals surface area contributed by atoms with Crippen LogP contribution in [0.15, 0.2) is 88.1 Å². The fourth-order valence-electron chi connectivity index (χ4n) is 5.08. The van der Waals surface area contributed by atoms with Gasteiger partial charge in [-0.25, -0.2) is 4.21 Å². The Morgan fingerprint density at radius 2 is 2.07 bits per heavy atom. The van der Waals surface area contributed by atoms with Crippen molar-refractivity contribution in [2.24, 2.45) is 4.36 Å². The summed E-state index contributed by atoms with van der Waals surface area (Å²) in [6.07, 6.45) is 13.7. The molecule has 2 amide bonds. The molecule has 214 valence electrons. The van der Waals surface area contributed by atoms with Gasteiger partial charge in [0.05, 0.1) is 32.9 Å². The lowest BCUT2D eigenvalue weighted by molar-refractivity contribution is 0.0991. The first-order valence-electron chi connectivity index (χ1n) is 13.7. The van der Waals surface area contributed by atoms with Crippen LogP contribution >= 0.6 is 0 Å². The number of aliphatic hydroxyl groups is 1. The number of aliphatic hydroxyl groups excluding tert-OH is 1. The van der Waals surface area contributed by atoms with E-state index in [4.69, 9.17) is 4.42 Å². The van der Waals surface area contributed by atoms with Gasteiger partial charge in [-0.05, 0) is 62.6 Å². The van der Waals surface area contributed by atoms with Crippen LogP contribution in [0.4, 0.5) is 5.69 Å². The summed E-state index contributed by atoms with van der Waals surface area (Å²) in [5, 5.41) is 12.3. The summed E-state index contributed by atoms with van der Waals surface area (Å²) in [6, 6.07) is 10.6. The van der Waals surface area contributed by atoms with Gasteiger partial charge in [0.15, 0.2) is 5.76 Å². The summed E-state index contributed by atoms with van der Waals surface area (Å²) < 4.78 is 23.8. The smallest absolute Gasteiger partial charge is 0.291 e. The van der Waals surface area contributed by atoms with Crippen molar-refractivity contribution in [1.29, 1.82) is 0 Å². The molecule has 1 aromatic carbocycles. The molecular formula is C31H34N4O5S. The van der Waals surface area contributed by atoms with Gasteiger partial charge >= 0.3 is 0 Å². The maximum Gasteiger partial charge on any atom is 0.291 e. The molecule has 2 N–H and O–H groups in total. The van der Waals surface area contributed by atoms with Crippen molar-refractivity contribution in [3.8, 4) is 11.1 Å². The van der Waals surface area contributed by atoms with Crippen LogP contribution in [0.25, 0.3) is 11.1 Å². The molecule has 3 heterocycles. The highest BCUT2D eigenvalue weighted by atomic mass is 32.2. The summed E-state index contributed by atoms with van der Waals surface area (Å²) in [5.41, 5.74) is 2.96. The molecule has 1 aliphatic heterocycles. The number of furan rings is 1. The standard InChI is InChI=1S/C31H34N4O5S/c1-22-12-15-40-29(22)31(38)33-26-8-5-7-23(18-26)24-17-25(20-32-19-24)30(37)34-41(39,28-9-3-2-4-10-28)16-6-13-35-14-11-27(36)21-35/h2-5,7-9,12,15,17-20,27-28,36H,6,10-11,13-14,16,21H2,1H3,(H,33,38)/t27?,28?,41-/m0/s1. The summed E-state index contributed by atoms with van der Waals surface area (Å²) in [4.78, 5) is 32.4. The van der Waals surface area contributed by atoms with E-state index in [0.717, 1.165) is 24.1 Å². The second-order valence-electron chi connectivity index (χ2n) is 10.4. The van der Waals surface area contributed by atoms with Crippen LogP contribution in [-0.4, -0.2) is 67.8 Å². The Morgan fingerprint density at radius 1 is 1.20 bits per heavy atom. The van der Waals surface area contributed by atoms with Gasteiger partial charge in [0, 0.05) is 48.1 Å². The van der Waals surface area contributed by atoms with E-state index in [2.05, 4.69) is 19.6 Å². The number of nitrogens with zero attached hydrogens (tertiary/aromatic N) is 3. The fourth-order valence-corrected chi connectivity index (χ4v) is 7.29. The average molecular weight is 575 g/mol. The lowest BCUT2D eigenvalue weighted by atomic mass is 10.1. The van der Waals surface area contributed by atoms with E-state index in [1.165, 1.54) is 12.5 Å². The number of benzene rings is 1. The van der Waals surface area contributed by atoms with Crippen LogP contribution in [0.1, 0.15) is 45.7 Å². The first kappa shape index (κ1) is 28.7. The Morgan fingerprint density at radius 3 is 2.80 bits per heavy atom. The van der Waals surface area contributed by atoms with Gasteiger partial charge in [-0.1, -0.05) is 36.4 Å². The molecule has 0 radical (unpaired) electrons. The number of allylic oxidation sites excluding steroid dienone is 3. The largest absolute Gasteiger partial charge is 0.459 e. The highest BCUT2D eigenvalue weighted by Crippen LogP contribution is 2.25. The summed E-state index contributed by atoms with van der Waals surface area (Å²) in [6.45, 7) is 3.94. The molecule has 3 atom stereocenters. The molecule has 0 saturated carbocycles. The number of hydrogen-bond donors (Lipinski definition) is 2. The summed E-state index contributed by atoms with van der Waals surface area (Å²) in [5.74, 6) is -0.385. The monoisotopic (exact) mass is 574 g/mol. The Labute approximate surface area is 240 Å². The van der Waals surface area contributed by atoms with Crippen LogP contribution < -0.4 is 5.32 Å². The number of carbonyl (C=O) groups excluding carboxylic acids is 2. The Hall–Kier alpha value is -3.86. The second-order valence-corrected chi connectivity index (χ2v) is 13.0. The van der Waals surface area contributed by atoms with Gasteiger partial charge in [-0.2, -0.15) is 4.36 Å². The quantitative estimate of drug-likeness (QED) is 0.374. The number of carbonyl (C=O) groups is 2. The predicted molar refractivity (Wildman–Crippen MR) is 159 cm³/mol. The predicted octanol–water partition coefficient (Wildman–Crippen LogP) is 4.85. The molecule has 1 aliphatic carbocycles. The Balaban J connectivity index is 1.35. The number of rotatable bonds is 9. The van der Waals surface area contributed by atoms with Gasteiger partial charge in [0.2, 0.25) is 0 Å². The number of nitrogens with one attached hydrogen (secondary N) is 1. The van der Waals surface area contributed by atoms with E-state index < -0.39 is 15.6 Å². The van der Waals surface area contributed by atoms with E-state index >= 15 is 0 Å². The van der Waals surface area contributed by atoms with Crippen molar-refractivity contribution in [3.05, 3.63) is 96.2 Å². The van der Waals surface area contributed by atoms with Crippen molar-refractivity contribution >= 4 is 27.2 Å². The maximum absolute atomic E-state index is 14.2. The minimum Gasteiger partial charge on any atom is -0.459 e. The zero-order valence-electron chi connectivity index (χ0n) is 22.9. The Bertz CT molecular complexity index is 1600. The molecule has 3 aromatic rings. The molecule has 2 aliphatic rings. The second kappa shape index (κ2) is 12.8. The van der Waals surface area contributed by atoms with Gasteiger partial charge < -0.3 is 19.7 Å². The van der Waals surface area contributed by atoms with Crippen molar-refractivity contribution in [2.45, 2.75) is 37.5 Å². The van der Waals surface area contributed by atoms with Gasteiger partial charge in [-0.3, -0.25) is 14.6 Å². The number of amides is 2. The van der Waals surface area contributed by atoms with Crippen LogP contribution in [-0.2, 0) is 9.73 Å². The highest BCUT2D eigenvalue weighted by molar-refractivity contribution is 7.94. The van der Waals surface area contributed by atoms with Crippen molar-refractivity contribution < 1.29 is 23.3 Å². The normalized spacial score (nSPS) is 20.0. The third-order valence-corrected chi connectivity index (χ3v) is 9.96. The van der Waals surface area contributed by atoms with Gasteiger partial charge in [-0.15, -0.1) is 0 Å². The van der Waals surface area contributed by atoms with Crippen LogP contribution in [0.3, 0.4) is 0 Å². The molecule has 9 nitrogen and oxygen atoms in total. The Kier molecular flexibility index (Phi) is 8.92. The SMILES string of the molecule is Cc1ccoc1C(=O)Nc1cccc(-c2cncc(C(=O)N=[S@](=O)(CCCN3CCC(O)C3)C3C=CC=CC3)c2)c1. The molecule has 5 rings (SSSR count). The lowest BCUT2D eigenvalue weighted by Gasteiger charge is -2.21. The first-order valence-corrected chi connectivity index (χ1v) is 15.5. The highest BCUT2D eigenvalue weighted by Gasteiger charge is 2.25. The minimum atomic E-state index is -2.90. The van der Waals surface area contributed by atoms with Gasteiger partial charge in [0.1, 0.15) is 0 Å². The molecular weight excluding hydrogens is 540 g/mol. The van der Waals surface area contributed by atoms with Crippen LogP contribution in [0.5, 0.6) is 0 Å². The number of hydrogen-bond acceptors (Lipinski definition) is 7. The van der Waals surface area contributed by atoms with Crippen molar-refractivity contribution in [1.82, 2.24) is 9.88 Å². The van der Waals surface area contributed by atoms with Crippen LogP contribution in [0.2, 0.25) is 0 Å². The number of β-amino-alcohol motifs (C(OH)–C–C–N with tert-alkyl or cyclic N) is 1. The molecule has 41 heavy (non-hydrogen) atoms. The zero-order valence-corrected chi connectivity index (χ0v) is 23.8. The van der Waals surface area contributed by atoms with E-state index in [1.54, 1.807) is 43.5 Å². The number of pyridine rings is 1. The molecule has 1 fully saturated rings. The average Bonchev–Trinajstić information content (AvgIpc) is 3.61. The summed E-state index contributed by atoms with van der Waals surface area (Å²) in [7, 11) is -2.90. The molecule has 0 spiro atoms. The summed E-state index contributed by atoms with van der Waals surface area (Å²) >= 11 is 0. The van der Waals surface area contributed by atoms with E-state index in [9.17, 15) is 18.9 Å². The zero-order chi connectivity index (χ0) is 28.8. The van der Waals surface area contributed by atoms with E-state index in [-0.39, 0.29) is 34.3 Å². The molecule has 0 bridgehead atoms. The van der Waals surface area contributed by atoms with E-state index in [0.29, 0.717) is 37.2 Å². The topological polar surface area (TPSA) is 125 Å². The van der Waals surface area contributed by atoms with Crippen molar-refractivity contribution in [3.63, 3.8) is 0 Å². The number of likely N-dealkylation sites (tertiary alicyclic amines) is 1. The van der Waals surface area contributed by atoms with Crippen molar-refractivity contribution in [2.75, 3.05) is 30.7 Å². The number of aromatic nitrogens is 1. The lowest BCUT2D eigenvalue weighted by Crippen LogP contribution is -2.28. The third kappa shape index (κ3) is 7.08. The molecule has 2 aromatic heterocycles. The third-order valence-electron chi connectivity index (χ3n) is 7.32. The molecule has 1 saturated heterocycles. The van der Waals surface area contributed by atoms with Gasteiger partial charge in [0.25, 0.3) is 11.8 Å². The number of aryl methyl sites for hydroxylation is 1. The minimum absolute atomic E-state index is 0.244.